The average Bonchev–Trinajstić information content (AvgIpc) is 2.34. The van der Waals surface area contributed by atoms with Gasteiger partial charge in [-0.2, -0.15) is 0 Å². The Morgan fingerprint density at radius 1 is 1.44 bits per heavy atom. The highest BCUT2D eigenvalue weighted by Gasteiger charge is 2.13. The van der Waals surface area contributed by atoms with Crippen LogP contribution in [0.2, 0.25) is 0 Å². The number of halogens is 1. The van der Waals surface area contributed by atoms with Gasteiger partial charge in [-0.15, -0.1) is 23.5 Å². The summed E-state index contributed by atoms with van der Waals surface area (Å²) in [5.41, 5.74) is 7.00. The largest absolute Gasteiger partial charge is 0.481 e. The molecule has 0 spiro atoms. The van der Waals surface area contributed by atoms with E-state index >= 15 is 0 Å². The summed E-state index contributed by atoms with van der Waals surface area (Å²) in [5, 5.41) is 8.67. The third kappa shape index (κ3) is 4.19. The molecule has 0 saturated carbocycles. The van der Waals surface area contributed by atoms with Gasteiger partial charge in [0.15, 0.2) is 0 Å². The van der Waals surface area contributed by atoms with Gasteiger partial charge in [-0.05, 0) is 52.6 Å². The molecule has 1 unspecified atom stereocenters. The summed E-state index contributed by atoms with van der Waals surface area (Å²) in [6.45, 7) is 0. The van der Waals surface area contributed by atoms with E-state index in [1.54, 1.807) is 23.5 Å². The molecule has 0 heterocycles. The zero-order valence-corrected chi connectivity index (χ0v) is 13.5. The first-order valence-corrected chi connectivity index (χ1v) is 8.62. The number of rotatable bonds is 6. The summed E-state index contributed by atoms with van der Waals surface area (Å²) in [5.74, 6) is -0.810. The molecule has 18 heavy (non-hydrogen) atoms. The van der Waals surface area contributed by atoms with E-state index in [-0.39, 0.29) is 12.5 Å². The molecular weight excluding hydrogens is 334 g/mol. The third-order valence-corrected chi connectivity index (χ3v) is 5.18. The number of hydrogen-bond donors (Lipinski definition) is 2. The van der Waals surface area contributed by atoms with E-state index in [0.29, 0.717) is 6.42 Å². The van der Waals surface area contributed by atoms with Crippen LogP contribution in [0.1, 0.15) is 24.4 Å². The minimum absolute atomic E-state index is 0.0949. The predicted molar refractivity (Wildman–Crippen MR) is 81.5 cm³/mol. The first-order valence-electron chi connectivity index (χ1n) is 5.38. The quantitative estimate of drug-likeness (QED) is 0.765. The van der Waals surface area contributed by atoms with E-state index in [0.717, 1.165) is 14.9 Å². The Kier molecular flexibility index (Phi) is 6.55. The van der Waals surface area contributed by atoms with Gasteiger partial charge in [0, 0.05) is 26.7 Å². The van der Waals surface area contributed by atoms with Gasteiger partial charge in [0.2, 0.25) is 0 Å². The molecule has 100 valence electrons. The van der Waals surface area contributed by atoms with Crippen molar-refractivity contribution in [1.29, 1.82) is 0 Å². The Morgan fingerprint density at radius 2 is 2.11 bits per heavy atom. The first-order chi connectivity index (χ1) is 8.49. The van der Waals surface area contributed by atoms with Crippen LogP contribution in [0, 0.1) is 0 Å². The Labute approximate surface area is 124 Å². The molecule has 3 nitrogen and oxygen atoms in total. The Bertz CT molecular complexity index is 440. The van der Waals surface area contributed by atoms with Gasteiger partial charge < -0.3 is 10.8 Å². The lowest BCUT2D eigenvalue weighted by Gasteiger charge is -2.15. The zero-order chi connectivity index (χ0) is 13.7. The maximum Gasteiger partial charge on any atom is 0.303 e. The van der Waals surface area contributed by atoms with Crippen molar-refractivity contribution in [2.24, 2.45) is 5.73 Å². The molecular formula is C12H16BrNO2S2. The Morgan fingerprint density at radius 3 is 2.61 bits per heavy atom. The van der Waals surface area contributed by atoms with Crippen molar-refractivity contribution in [3.05, 3.63) is 22.2 Å². The van der Waals surface area contributed by atoms with Crippen LogP contribution in [0.25, 0.3) is 0 Å². The lowest BCUT2D eigenvalue weighted by molar-refractivity contribution is -0.137. The maximum atomic E-state index is 10.6. The fourth-order valence-electron chi connectivity index (χ4n) is 1.60. The SMILES string of the molecule is CSc1cc(C(N)CCC(=O)O)cc(Br)c1SC. The Hall–Kier alpha value is -0.170. The molecule has 6 heteroatoms. The standard InChI is InChI=1S/C12H16BrNO2S2/c1-17-10-6-7(5-8(13)12(10)18-2)9(14)3-4-11(15)16/h5-6,9H,3-4,14H2,1-2H3,(H,15,16). The van der Waals surface area contributed by atoms with Gasteiger partial charge in [-0.25, -0.2) is 0 Å². The van der Waals surface area contributed by atoms with Gasteiger partial charge >= 0.3 is 5.97 Å². The smallest absolute Gasteiger partial charge is 0.303 e. The van der Waals surface area contributed by atoms with Gasteiger partial charge in [0.25, 0.3) is 0 Å². The van der Waals surface area contributed by atoms with Crippen molar-refractivity contribution in [2.45, 2.75) is 28.7 Å². The van der Waals surface area contributed by atoms with Crippen molar-refractivity contribution in [2.75, 3.05) is 12.5 Å². The molecule has 0 aliphatic heterocycles. The predicted octanol–water partition coefficient (Wildman–Crippen LogP) is 3.76. The van der Waals surface area contributed by atoms with E-state index < -0.39 is 5.97 Å². The lowest BCUT2D eigenvalue weighted by atomic mass is 10.0. The molecule has 0 aromatic heterocycles. The molecule has 0 fully saturated rings. The highest BCUT2D eigenvalue weighted by molar-refractivity contribution is 9.10. The van der Waals surface area contributed by atoms with Crippen molar-refractivity contribution in [1.82, 2.24) is 0 Å². The summed E-state index contributed by atoms with van der Waals surface area (Å²) < 4.78 is 1.02. The van der Waals surface area contributed by atoms with Crippen molar-refractivity contribution in [3.63, 3.8) is 0 Å². The van der Waals surface area contributed by atoms with Gasteiger partial charge in [-0.3, -0.25) is 4.79 Å². The number of benzene rings is 1. The van der Waals surface area contributed by atoms with Gasteiger partial charge in [-0.1, -0.05) is 0 Å². The van der Waals surface area contributed by atoms with Crippen LogP contribution < -0.4 is 5.73 Å². The first kappa shape index (κ1) is 15.9. The number of nitrogens with two attached hydrogens (primary N) is 1. The van der Waals surface area contributed by atoms with E-state index in [9.17, 15) is 4.79 Å². The maximum absolute atomic E-state index is 10.6. The molecule has 0 aliphatic rings. The highest BCUT2D eigenvalue weighted by Crippen LogP contribution is 2.37. The second-order valence-corrected chi connectivity index (χ2v) is 6.30. The molecule has 0 radical (unpaired) electrons. The summed E-state index contributed by atoms with van der Waals surface area (Å²) >= 11 is 6.89. The highest BCUT2D eigenvalue weighted by atomic mass is 79.9. The minimum Gasteiger partial charge on any atom is -0.481 e. The summed E-state index contributed by atoms with van der Waals surface area (Å²) in [6, 6.07) is 3.80. The second-order valence-electron chi connectivity index (χ2n) is 3.78. The van der Waals surface area contributed by atoms with Crippen molar-refractivity contribution in [3.8, 4) is 0 Å². The lowest BCUT2D eigenvalue weighted by Crippen LogP contribution is -2.12. The van der Waals surface area contributed by atoms with E-state index in [4.69, 9.17) is 10.8 Å². The van der Waals surface area contributed by atoms with E-state index in [1.165, 1.54) is 4.90 Å². The number of carboxylic acid groups (broad SMARTS) is 1. The van der Waals surface area contributed by atoms with E-state index in [1.807, 2.05) is 24.6 Å². The molecule has 1 atom stereocenters. The molecule has 3 N–H and O–H groups in total. The number of hydrogen-bond acceptors (Lipinski definition) is 4. The van der Waals surface area contributed by atoms with Crippen LogP contribution in [-0.4, -0.2) is 23.6 Å². The number of aliphatic carboxylic acids is 1. The van der Waals surface area contributed by atoms with Crippen molar-refractivity contribution < 1.29 is 9.90 Å². The van der Waals surface area contributed by atoms with Crippen LogP contribution in [0.15, 0.2) is 26.4 Å². The van der Waals surface area contributed by atoms with Crippen LogP contribution in [0.5, 0.6) is 0 Å². The monoisotopic (exact) mass is 349 g/mol. The minimum atomic E-state index is -0.810. The number of carbonyl (C=O) groups is 1. The molecule has 0 saturated heterocycles. The molecule has 1 aromatic carbocycles. The van der Waals surface area contributed by atoms with Crippen LogP contribution in [0.4, 0.5) is 0 Å². The van der Waals surface area contributed by atoms with Gasteiger partial charge in [0.1, 0.15) is 0 Å². The molecule has 0 bridgehead atoms. The summed E-state index contributed by atoms with van der Waals surface area (Å²) in [7, 11) is 0. The van der Waals surface area contributed by atoms with Crippen molar-refractivity contribution >= 4 is 45.4 Å². The van der Waals surface area contributed by atoms with Crippen LogP contribution in [-0.2, 0) is 4.79 Å². The third-order valence-electron chi connectivity index (χ3n) is 2.55. The number of carboxylic acids is 1. The topological polar surface area (TPSA) is 63.3 Å². The average molecular weight is 350 g/mol. The normalized spacial score (nSPS) is 12.4. The molecule has 1 aromatic rings. The fraction of sp³-hybridized carbons (Fsp3) is 0.417. The second kappa shape index (κ2) is 7.43. The molecule has 1 rings (SSSR count). The Balaban J connectivity index is 2.96. The summed E-state index contributed by atoms with van der Waals surface area (Å²) in [6.07, 6.45) is 4.60. The fourth-order valence-corrected chi connectivity index (χ4v) is 4.26. The zero-order valence-electron chi connectivity index (χ0n) is 10.3. The molecule has 0 aliphatic carbocycles. The van der Waals surface area contributed by atoms with Crippen LogP contribution in [0.3, 0.4) is 0 Å². The molecule has 0 amide bonds. The van der Waals surface area contributed by atoms with E-state index in [2.05, 4.69) is 15.9 Å². The van der Waals surface area contributed by atoms with Crippen LogP contribution >= 0.6 is 39.5 Å². The van der Waals surface area contributed by atoms with Gasteiger partial charge in [0.05, 0.1) is 0 Å². The number of thioether (sulfide) groups is 2. The summed E-state index contributed by atoms with van der Waals surface area (Å²) in [4.78, 5) is 12.9.